The van der Waals surface area contributed by atoms with Gasteiger partial charge >= 0.3 is 0 Å². The number of benzene rings is 1. The van der Waals surface area contributed by atoms with Crippen molar-refractivity contribution in [3.8, 4) is 0 Å². The van der Waals surface area contributed by atoms with E-state index in [4.69, 9.17) is 0 Å². The molecular weight excluding hydrogens is 212 g/mol. The van der Waals surface area contributed by atoms with Crippen LogP contribution in [0.25, 0.3) is 10.9 Å². The SMILES string of the molecule is OC1(Cc2cccc3cc[nH]c23)CCNCC1. The molecule has 3 nitrogen and oxygen atoms in total. The van der Waals surface area contributed by atoms with Gasteiger partial charge in [0.05, 0.1) is 5.60 Å². The highest BCUT2D eigenvalue weighted by Crippen LogP contribution is 2.26. The number of aliphatic hydroxyl groups is 1. The summed E-state index contributed by atoms with van der Waals surface area (Å²) >= 11 is 0. The minimum Gasteiger partial charge on any atom is -0.389 e. The Morgan fingerprint density at radius 2 is 2.00 bits per heavy atom. The molecule has 3 rings (SSSR count). The molecule has 0 atom stereocenters. The minimum atomic E-state index is -0.537. The molecule has 90 valence electrons. The van der Waals surface area contributed by atoms with Crippen molar-refractivity contribution in [2.75, 3.05) is 13.1 Å². The Bertz CT molecular complexity index is 512. The van der Waals surface area contributed by atoms with Gasteiger partial charge in [0, 0.05) is 18.1 Å². The minimum absolute atomic E-state index is 0.537. The zero-order chi connectivity index (χ0) is 11.7. The largest absolute Gasteiger partial charge is 0.389 e. The molecule has 1 aromatic heterocycles. The summed E-state index contributed by atoms with van der Waals surface area (Å²) in [7, 11) is 0. The van der Waals surface area contributed by atoms with Crippen LogP contribution in [0, 0.1) is 0 Å². The number of aromatic amines is 1. The Hall–Kier alpha value is -1.32. The summed E-state index contributed by atoms with van der Waals surface area (Å²) < 4.78 is 0. The quantitative estimate of drug-likeness (QED) is 0.737. The lowest BCUT2D eigenvalue weighted by Gasteiger charge is -2.32. The fraction of sp³-hybridized carbons (Fsp3) is 0.429. The van der Waals surface area contributed by atoms with Crippen LogP contribution in [0.4, 0.5) is 0 Å². The third kappa shape index (κ3) is 2.08. The van der Waals surface area contributed by atoms with Gasteiger partial charge in [-0.2, -0.15) is 0 Å². The highest BCUT2D eigenvalue weighted by atomic mass is 16.3. The first-order valence-electron chi connectivity index (χ1n) is 6.25. The lowest BCUT2D eigenvalue weighted by atomic mass is 9.85. The van der Waals surface area contributed by atoms with E-state index >= 15 is 0 Å². The maximum absolute atomic E-state index is 10.6. The first-order valence-corrected chi connectivity index (χ1v) is 6.25. The summed E-state index contributed by atoms with van der Waals surface area (Å²) in [5.41, 5.74) is 1.85. The molecule has 3 heteroatoms. The van der Waals surface area contributed by atoms with Crippen LogP contribution in [0.15, 0.2) is 30.5 Å². The lowest BCUT2D eigenvalue weighted by Crippen LogP contribution is -2.43. The Balaban J connectivity index is 1.91. The van der Waals surface area contributed by atoms with E-state index < -0.39 is 5.60 Å². The molecule has 2 heterocycles. The molecule has 0 spiro atoms. The van der Waals surface area contributed by atoms with Gasteiger partial charge < -0.3 is 15.4 Å². The molecule has 0 radical (unpaired) electrons. The first kappa shape index (κ1) is 10.8. The normalized spacial score (nSPS) is 19.6. The lowest BCUT2D eigenvalue weighted by molar-refractivity contribution is 0.0111. The fourth-order valence-corrected chi connectivity index (χ4v) is 2.72. The van der Waals surface area contributed by atoms with E-state index in [1.165, 1.54) is 16.5 Å². The maximum Gasteiger partial charge on any atom is 0.0712 e. The van der Waals surface area contributed by atoms with Crippen LogP contribution in [0.3, 0.4) is 0 Å². The van der Waals surface area contributed by atoms with E-state index in [9.17, 15) is 5.11 Å². The second-order valence-corrected chi connectivity index (χ2v) is 5.01. The van der Waals surface area contributed by atoms with Crippen LogP contribution in [-0.4, -0.2) is 28.8 Å². The molecule has 1 aromatic carbocycles. The monoisotopic (exact) mass is 230 g/mol. The van der Waals surface area contributed by atoms with Gasteiger partial charge in [-0.1, -0.05) is 18.2 Å². The molecule has 17 heavy (non-hydrogen) atoms. The van der Waals surface area contributed by atoms with Gasteiger partial charge in [0.1, 0.15) is 0 Å². The number of nitrogens with one attached hydrogen (secondary N) is 2. The number of aromatic nitrogens is 1. The summed E-state index contributed by atoms with van der Waals surface area (Å²) in [6, 6.07) is 8.35. The molecule has 3 N–H and O–H groups in total. The molecule has 1 fully saturated rings. The van der Waals surface area contributed by atoms with Crippen LogP contribution >= 0.6 is 0 Å². The molecule has 1 aliphatic heterocycles. The number of hydrogen-bond acceptors (Lipinski definition) is 2. The van der Waals surface area contributed by atoms with Crippen LogP contribution in [-0.2, 0) is 6.42 Å². The number of rotatable bonds is 2. The first-order chi connectivity index (χ1) is 8.27. The zero-order valence-electron chi connectivity index (χ0n) is 9.87. The van der Waals surface area contributed by atoms with Gasteiger partial charge in [-0.15, -0.1) is 0 Å². The molecule has 0 unspecified atom stereocenters. The highest BCUT2D eigenvalue weighted by molar-refractivity contribution is 5.82. The molecule has 1 saturated heterocycles. The fourth-order valence-electron chi connectivity index (χ4n) is 2.72. The third-order valence-electron chi connectivity index (χ3n) is 3.73. The van der Waals surface area contributed by atoms with Gasteiger partial charge in [0.2, 0.25) is 0 Å². The van der Waals surface area contributed by atoms with Gasteiger partial charge in [-0.3, -0.25) is 0 Å². The average Bonchev–Trinajstić information content (AvgIpc) is 2.79. The molecule has 0 saturated carbocycles. The Morgan fingerprint density at radius 3 is 2.82 bits per heavy atom. The van der Waals surface area contributed by atoms with Gasteiger partial charge in [-0.25, -0.2) is 0 Å². The van der Waals surface area contributed by atoms with Crippen molar-refractivity contribution >= 4 is 10.9 Å². The summed E-state index contributed by atoms with van der Waals surface area (Å²) in [6.45, 7) is 1.83. The van der Waals surface area contributed by atoms with Crippen molar-refractivity contribution in [3.63, 3.8) is 0 Å². The van der Waals surface area contributed by atoms with E-state index in [0.717, 1.165) is 32.4 Å². The van der Waals surface area contributed by atoms with Crippen molar-refractivity contribution in [2.24, 2.45) is 0 Å². The summed E-state index contributed by atoms with van der Waals surface area (Å²) in [5.74, 6) is 0. The molecule has 0 amide bonds. The summed E-state index contributed by atoms with van der Waals surface area (Å²) in [6.07, 6.45) is 4.38. The van der Waals surface area contributed by atoms with Crippen molar-refractivity contribution < 1.29 is 5.11 Å². The zero-order valence-corrected chi connectivity index (χ0v) is 9.87. The number of hydrogen-bond donors (Lipinski definition) is 3. The molecule has 0 aliphatic carbocycles. The Morgan fingerprint density at radius 1 is 1.18 bits per heavy atom. The van der Waals surface area contributed by atoms with Gasteiger partial charge in [-0.05, 0) is 42.9 Å². The second kappa shape index (κ2) is 4.17. The maximum atomic E-state index is 10.6. The predicted octanol–water partition coefficient (Wildman–Crippen LogP) is 1.82. The van der Waals surface area contributed by atoms with E-state index in [2.05, 4.69) is 34.6 Å². The summed E-state index contributed by atoms with van der Waals surface area (Å²) in [5, 5.41) is 15.1. The van der Waals surface area contributed by atoms with Crippen LogP contribution in [0.1, 0.15) is 18.4 Å². The average molecular weight is 230 g/mol. The molecular formula is C14H18N2O. The highest BCUT2D eigenvalue weighted by Gasteiger charge is 2.29. The van der Waals surface area contributed by atoms with E-state index in [1.807, 2.05) is 6.20 Å². The van der Waals surface area contributed by atoms with Gasteiger partial charge in [0.15, 0.2) is 0 Å². The van der Waals surface area contributed by atoms with Gasteiger partial charge in [0.25, 0.3) is 0 Å². The van der Waals surface area contributed by atoms with Crippen LogP contribution in [0.5, 0.6) is 0 Å². The number of H-pyrrole nitrogens is 1. The van der Waals surface area contributed by atoms with Crippen LogP contribution < -0.4 is 5.32 Å². The van der Waals surface area contributed by atoms with Crippen molar-refractivity contribution in [2.45, 2.75) is 24.9 Å². The standard InChI is InChI=1S/C14H18N2O/c17-14(5-8-15-9-6-14)10-12-3-1-2-11-4-7-16-13(11)12/h1-4,7,15-17H,5-6,8-10H2. The number of para-hydroxylation sites is 1. The Labute approximate surface area is 101 Å². The summed E-state index contributed by atoms with van der Waals surface area (Å²) in [4.78, 5) is 3.27. The second-order valence-electron chi connectivity index (χ2n) is 5.01. The van der Waals surface area contributed by atoms with Crippen molar-refractivity contribution in [1.29, 1.82) is 0 Å². The van der Waals surface area contributed by atoms with E-state index in [0.29, 0.717) is 0 Å². The third-order valence-corrected chi connectivity index (χ3v) is 3.73. The molecule has 1 aliphatic rings. The molecule has 0 bridgehead atoms. The van der Waals surface area contributed by atoms with E-state index in [-0.39, 0.29) is 0 Å². The topological polar surface area (TPSA) is 48.0 Å². The molecule has 2 aromatic rings. The predicted molar refractivity (Wildman–Crippen MR) is 69.1 cm³/mol. The number of fused-ring (bicyclic) bond motifs is 1. The van der Waals surface area contributed by atoms with E-state index in [1.54, 1.807) is 0 Å². The van der Waals surface area contributed by atoms with Crippen LogP contribution in [0.2, 0.25) is 0 Å². The number of piperidine rings is 1. The van der Waals surface area contributed by atoms with Crippen molar-refractivity contribution in [3.05, 3.63) is 36.0 Å². The smallest absolute Gasteiger partial charge is 0.0712 e. The van der Waals surface area contributed by atoms with Crippen molar-refractivity contribution in [1.82, 2.24) is 10.3 Å². The Kier molecular flexibility index (Phi) is 2.65.